The Bertz CT molecular complexity index is 364. The van der Waals surface area contributed by atoms with Gasteiger partial charge in [-0.2, -0.15) is 0 Å². The highest BCUT2D eigenvalue weighted by Crippen LogP contribution is 2.20. The lowest BCUT2D eigenvalue weighted by atomic mass is 10.1. The molecule has 0 aliphatic carbocycles. The minimum Gasteiger partial charge on any atom is -0.492 e. The molecule has 1 fully saturated rings. The molecule has 1 atom stereocenters. The maximum absolute atomic E-state index is 5.79. The molecule has 1 saturated heterocycles. The summed E-state index contributed by atoms with van der Waals surface area (Å²) in [4.78, 5) is 6.62. The Balaban J connectivity index is 1.96. The van der Waals surface area contributed by atoms with Crippen molar-refractivity contribution in [1.29, 1.82) is 0 Å². The number of ether oxygens (including phenoxy) is 1. The van der Waals surface area contributed by atoms with E-state index in [1.807, 2.05) is 6.20 Å². The lowest BCUT2D eigenvalue weighted by Gasteiger charge is -2.29. The molecular formula is C14H23N3O. The second kappa shape index (κ2) is 6.59. The zero-order valence-corrected chi connectivity index (χ0v) is 11.4. The van der Waals surface area contributed by atoms with E-state index in [1.54, 1.807) is 6.20 Å². The molecule has 1 aromatic rings. The standard InChI is InChI=1S/C14H23N3O/c1-3-12(2)11-18-14-8-13(9-16-10-14)17-6-4-15-5-7-17/h8-10,12,15H,3-7,11H2,1-2H3. The van der Waals surface area contributed by atoms with E-state index >= 15 is 0 Å². The van der Waals surface area contributed by atoms with E-state index < -0.39 is 0 Å². The van der Waals surface area contributed by atoms with E-state index in [0.29, 0.717) is 5.92 Å². The van der Waals surface area contributed by atoms with Gasteiger partial charge in [0, 0.05) is 32.2 Å². The van der Waals surface area contributed by atoms with Gasteiger partial charge >= 0.3 is 0 Å². The van der Waals surface area contributed by atoms with Crippen LogP contribution in [0.4, 0.5) is 5.69 Å². The minimum absolute atomic E-state index is 0.591. The molecule has 1 unspecified atom stereocenters. The topological polar surface area (TPSA) is 37.4 Å². The van der Waals surface area contributed by atoms with Crippen molar-refractivity contribution in [3.8, 4) is 5.75 Å². The van der Waals surface area contributed by atoms with Crippen LogP contribution in [0.15, 0.2) is 18.5 Å². The van der Waals surface area contributed by atoms with Gasteiger partial charge in [-0.1, -0.05) is 20.3 Å². The maximum atomic E-state index is 5.79. The number of hydrogen-bond acceptors (Lipinski definition) is 4. The number of aromatic nitrogens is 1. The van der Waals surface area contributed by atoms with E-state index in [1.165, 1.54) is 0 Å². The highest BCUT2D eigenvalue weighted by atomic mass is 16.5. The molecule has 2 rings (SSSR count). The summed E-state index contributed by atoms with van der Waals surface area (Å²) < 4.78 is 5.79. The van der Waals surface area contributed by atoms with E-state index in [0.717, 1.165) is 50.6 Å². The molecule has 0 radical (unpaired) electrons. The molecule has 4 nitrogen and oxygen atoms in total. The summed E-state index contributed by atoms with van der Waals surface area (Å²) in [6, 6.07) is 2.10. The second-order valence-corrected chi connectivity index (χ2v) is 4.94. The van der Waals surface area contributed by atoms with E-state index in [4.69, 9.17) is 4.74 Å². The van der Waals surface area contributed by atoms with Crippen LogP contribution in [0.2, 0.25) is 0 Å². The van der Waals surface area contributed by atoms with Crippen molar-refractivity contribution in [2.45, 2.75) is 20.3 Å². The second-order valence-electron chi connectivity index (χ2n) is 4.94. The van der Waals surface area contributed by atoms with Crippen LogP contribution in [0.25, 0.3) is 0 Å². The minimum atomic E-state index is 0.591. The van der Waals surface area contributed by atoms with E-state index in [2.05, 4.69) is 35.1 Å². The van der Waals surface area contributed by atoms with Crippen LogP contribution in [0.1, 0.15) is 20.3 Å². The molecular weight excluding hydrogens is 226 g/mol. The van der Waals surface area contributed by atoms with Crippen molar-refractivity contribution < 1.29 is 4.74 Å². The average molecular weight is 249 g/mol. The zero-order valence-electron chi connectivity index (χ0n) is 11.4. The number of nitrogens with zero attached hydrogens (tertiary/aromatic N) is 2. The van der Waals surface area contributed by atoms with Crippen molar-refractivity contribution in [2.75, 3.05) is 37.7 Å². The third kappa shape index (κ3) is 3.60. The molecule has 1 aliphatic heterocycles. The van der Waals surface area contributed by atoms with Crippen LogP contribution in [0.3, 0.4) is 0 Å². The molecule has 4 heteroatoms. The van der Waals surface area contributed by atoms with E-state index in [-0.39, 0.29) is 0 Å². The van der Waals surface area contributed by atoms with Gasteiger partial charge in [-0.3, -0.25) is 4.98 Å². The number of pyridine rings is 1. The predicted octanol–water partition coefficient (Wildman–Crippen LogP) is 1.92. The molecule has 2 heterocycles. The van der Waals surface area contributed by atoms with Gasteiger partial charge in [0.25, 0.3) is 0 Å². The summed E-state index contributed by atoms with van der Waals surface area (Å²) >= 11 is 0. The number of piperazine rings is 1. The monoisotopic (exact) mass is 249 g/mol. The molecule has 18 heavy (non-hydrogen) atoms. The molecule has 0 spiro atoms. The summed E-state index contributed by atoms with van der Waals surface area (Å²) in [5.74, 6) is 1.47. The highest BCUT2D eigenvalue weighted by Gasteiger charge is 2.11. The molecule has 0 amide bonds. The molecule has 1 aromatic heterocycles. The Hall–Kier alpha value is -1.29. The Labute approximate surface area is 109 Å². The average Bonchev–Trinajstić information content (AvgIpc) is 2.46. The van der Waals surface area contributed by atoms with Crippen molar-refractivity contribution in [1.82, 2.24) is 10.3 Å². The summed E-state index contributed by atoms with van der Waals surface area (Å²) in [5, 5.41) is 3.35. The third-order valence-electron chi connectivity index (χ3n) is 3.41. The third-order valence-corrected chi connectivity index (χ3v) is 3.41. The van der Waals surface area contributed by atoms with Gasteiger partial charge in [0.15, 0.2) is 0 Å². The number of nitrogens with one attached hydrogen (secondary N) is 1. The summed E-state index contributed by atoms with van der Waals surface area (Å²) in [6.07, 6.45) is 4.86. The summed E-state index contributed by atoms with van der Waals surface area (Å²) in [7, 11) is 0. The highest BCUT2D eigenvalue weighted by molar-refractivity contribution is 5.48. The fourth-order valence-electron chi connectivity index (χ4n) is 1.94. The van der Waals surface area contributed by atoms with Gasteiger partial charge in [0.05, 0.1) is 24.7 Å². The molecule has 1 aliphatic rings. The lowest BCUT2D eigenvalue weighted by Crippen LogP contribution is -2.43. The molecule has 0 saturated carbocycles. The van der Waals surface area contributed by atoms with Crippen LogP contribution in [-0.2, 0) is 0 Å². The van der Waals surface area contributed by atoms with Crippen LogP contribution in [0, 0.1) is 5.92 Å². The van der Waals surface area contributed by atoms with Crippen molar-refractivity contribution >= 4 is 5.69 Å². The maximum Gasteiger partial charge on any atom is 0.139 e. The van der Waals surface area contributed by atoms with Gasteiger partial charge in [-0.05, 0) is 5.92 Å². The first kappa shape index (κ1) is 13.1. The van der Waals surface area contributed by atoms with Crippen LogP contribution < -0.4 is 15.0 Å². The zero-order chi connectivity index (χ0) is 12.8. The lowest BCUT2D eigenvalue weighted by molar-refractivity contribution is 0.256. The molecule has 100 valence electrons. The first-order valence-electron chi connectivity index (χ1n) is 6.83. The Morgan fingerprint density at radius 2 is 2.17 bits per heavy atom. The predicted molar refractivity (Wildman–Crippen MR) is 74.3 cm³/mol. The smallest absolute Gasteiger partial charge is 0.139 e. The molecule has 0 bridgehead atoms. The number of anilines is 1. The van der Waals surface area contributed by atoms with Gasteiger partial charge in [-0.15, -0.1) is 0 Å². The fourth-order valence-corrected chi connectivity index (χ4v) is 1.94. The van der Waals surface area contributed by atoms with Crippen LogP contribution in [-0.4, -0.2) is 37.8 Å². The van der Waals surface area contributed by atoms with Crippen molar-refractivity contribution in [3.05, 3.63) is 18.5 Å². The quantitative estimate of drug-likeness (QED) is 0.865. The largest absolute Gasteiger partial charge is 0.492 e. The summed E-state index contributed by atoms with van der Waals surface area (Å²) in [5.41, 5.74) is 1.16. The molecule has 0 aromatic carbocycles. The van der Waals surface area contributed by atoms with Crippen molar-refractivity contribution in [3.63, 3.8) is 0 Å². The van der Waals surface area contributed by atoms with E-state index in [9.17, 15) is 0 Å². The number of hydrogen-bond donors (Lipinski definition) is 1. The van der Waals surface area contributed by atoms with Gasteiger partial charge in [-0.25, -0.2) is 0 Å². The van der Waals surface area contributed by atoms with Gasteiger partial charge < -0.3 is 15.0 Å². The van der Waals surface area contributed by atoms with Gasteiger partial charge in [0.1, 0.15) is 5.75 Å². The summed E-state index contributed by atoms with van der Waals surface area (Å²) in [6.45, 7) is 9.31. The molecule has 1 N–H and O–H groups in total. The Kier molecular flexibility index (Phi) is 4.81. The Morgan fingerprint density at radius 3 is 2.89 bits per heavy atom. The number of rotatable bonds is 5. The van der Waals surface area contributed by atoms with Gasteiger partial charge in [0.2, 0.25) is 0 Å². The van der Waals surface area contributed by atoms with Crippen molar-refractivity contribution in [2.24, 2.45) is 5.92 Å². The SMILES string of the molecule is CCC(C)COc1cncc(N2CCNCC2)c1. The first-order valence-corrected chi connectivity index (χ1v) is 6.83. The normalized spacial score (nSPS) is 17.6. The Morgan fingerprint density at radius 1 is 1.39 bits per heavy atom. The fraction of sp³-hybridized carbons (Fsp3) is 0.643. The first-order chi connectivity index (χ1) is 8.79. The van der Waals surface area contributed by atoms with Crippen LogP contribution in [0.5, 0.6) is 5.75 Å². The van der Waals surface area contributed by atoms with Crippen LogP contribution >= 0.6 is 0 Å².